The second-order valence-electron chi connectivity index (χ2n) is 3.05. The van der Waals surface area contributed by atoms with Gasteiger partial charge in [0, 0.05) is 11.1 Å². The summed E-state index contributed by atoms with van der Waals surface area (Å²) < 4.78 is 12.9. The lowest BCUT2D eigenvalue weighted by molar-refractivity contribution is 0.628. The zero-order valence-corrected chi connectivity index (χ0v) is 8.72. The number of nitrogens with one attached hydrogen (secondary N) is 1. The lowest BCUT2D eigenvalue weighted by atomic mass is 10.2. The molecule has 0 unspecified atom stereocenters. The van der Waals surface area contributed by atoms with Gasteiger partial charge in [0.25, 0.3) is 0 Å². The number of nitrogen functional groups attached to an aromatic ring is 1. The van der Waals surface area contributed by atoms with Gasteiger partial charge in [-0.2, -0.15) is 0 Å². The summed E-state index contributed by atoms with van der Waals surface area (Å²) in [5, 5.41) is 3.06. The molecule has 0 radical (unpaired) electrons. The molecule has 0 atom stereocenters. The van der Waals surface area contributed by atoms with Gasteiger partial charge < -0.3 is 11.1 Å². The number of rotatable bonds is 3. The average Bonchev–Trinajstić information content (AvgIpc) is 2.72. The highest BCUT2D eigenvalue weighted by Crippen LogP contribution is 2.20. The van der Waals surface area contributed by atoms with Gasteiger partial charge in [0.15, 0.2) is 0 Å². The lowest BCUT2D eigenvalue weighted by Crippen LogP contribution is -2.01. The number of hydrogen-bond donors (Lipinski definition) is 2. The second-order valence-corrected chi connectivity index (χ2v) is 4.02. The largest absolute Gasteiger partial charge is 0.397 e. The SMILES string of the molecule is Nc1ccc(F)cc1NCc1cncs1. The average molecular weight is 223 g/mol. The Balaban J connectivity index is 2.07. The van der Waals surface area contributed by atoms with E-state index in [0.717, 1.165) is 4.88 Å². The molecule has 0 amide bonds. The van der Waals surface area contributed by atoms with Crippen LogP contribution in [0.3, 0.4) is 0 Å². The summed E-state index contributed by atoms with van der Waals surface area (Å²) in [6.45, 7) is 0.609. The molecule has 0 saturated heterocycles. The zero-order valence-electron chi connectivity index (χ0n) is 7.90. The van der Waals surface area contributed by atoms with Crippen LogP contribution in [0.25, 0.3) is 0 Å². The molecule has 0 bridgehead atoms. The molecule has 2 aromatic rings. The number of thiazole rings is 1. The third-order valence-electron chi connectivity index (χ3n) is 1.95. The van der Waals surface area contributed by atoms with Gasteiger partial charge in [0.05, 0.1) is 23.4 Å². The summed E-state index contributed by atoms with van der Waals surface area (Å²) in [6.07, 6.45) is 1.77. The molecule has 0 spiro atoms. The first kappa shape index (κ1) is 9.92. The molecule has 1 aromatic carbocycles. The predicted molar refractivity (Wildman–Crippen MR) is 60.3 cm³/mol. The van der Waals surface area contributed by atoms with E-state index < -0.39 is 0 Å². The first-order valence-electron chi connectivity index (χ1n) is 4.42. The third kappa shape index (κ3) is 2.44. The minimum Gasteiger partial charge on any atom is -0.397 e. The molecule has 3 nitrogen and oxygen atoms in total. The highest BCUT2D eigenvalue weighted by Gasteiger charge is 2.01. The number of aromatic nitrogens is 1. The first-order valence-corrected chi connectivity index (χ1v) is 5.30. The lowest BCUT2D eigenvalue weighted by Gasteiger charge is -2.07. The molecule has 15 heavy (non-hydrogen) atoms. The molecule has 1 heterocycles. The summed E-state index contributed by atoms with van der Waals surface area (Å²) in [6, 6.07) is 4.27. The van der Waals surface area contributed by atoms with Crippen molar-refractivity contribution in [3.05, 3.63) is 40.6 Å². The Hall–Kier alpha value is -1.62. The van der Waals surface area contributed by atoms with E-state index in [9.17, 15) is 4.39 Å². The van der Waals surface area contributed by atoms with Crippen molar-refractivity contribution in [3.63, 3.8) is 0 Å². The number of hydrogen-bond acceptors (Lipinski definition) is 4. The van der Waals surface area contributed by atoms with E-state index in [2.05, 4.69) is 10.3 Å². The summed E-state index contributed by atoms with van der Waals surface area (Å²) in [7, 11) is 0. The van der Waals surface area contributed by atoms with Crippen LogP contribution in [0.4, 0.5) is 15.8 Å². The van der Waals surface area contributed by atoms with Gasteiger partial charge in [-0.15, -0.1) is 11.3 Å². The number of anilines is 2. The van der Waals surface area contributed by atoms with Crippen molar-refractivity contribution >= 4 is 22.7 Å². The van der Waals surface area contributed by atoms with Crippen molar-refractivity contribution in [2.45, 2.75) is 6.54 Å². The number of nitrogens with two attached hydrogens (primary N) is 1. The van der Waals surface area contributed by atoms with Gasteiger partial charge in [-0.3, -0.25) is 4.98 Å². The molecule has 3 N–H and O–H groups in total. The Kier molecular flexibility index (Phi) is 2.82. The van der Waals surface area contributed by atoms with Crippen LogP contribution < -0.4 is 11.1 Å². The van der Waals surface area contributed by atoms with Crippen LogP contribution in [-0.4, -0.2) is 4.98 Å². The van der Waals surface area contributed by atoms with Crippen LogP contribution in [0.2, 0.25) is 0 Å². The fourth-order valence-electron chi connectivity index (χ4n) is 1.19. The summed E-state index contributed by atoms with van der Waals surface area (Å²) in [5.74, 6) is -0.295. The Morgan fingerprint density at radius 3 is 3.07 bits per heavy atom. The van der Waals surface area contributed by atoms with Crippen molar-refractivity contribution in [2.24, 2.45) is 0 Å². The van der Waals surface area contributed by atoms with E-state index >= 15 is 0 Å². The van der Waals surface area contributed by atoms with Crippen LogP contribution in [0.1, 0.15) is 4.88 Å². The molecular formula is C10H10FN3S. The van der Waals surface area contributed by atoms with Gasteiger partial charge in [0.2, 0.25) is 0 Å². The van der Waals surface area contributed by atoms with Gasteiger partial charge in [0.1, 0.15) is 5.82 Å². The minimum atomic E-state index is -0.295. The highest BCUT2D eigenvalue weighted by atomic mass is 32.1. The van der Waals surface area contributed by atoms with Crippen molar-refractivity contribution in [1.29, 1.82) is 0 Å². The highest BCUT2D eigenvalue weighted by molar-refractivity contribution is 7.09. The van der Waals surface area contributed by atoms with E-state index in [1.807, 2.05) is 0 Å². The zero-order chi connectivity index (χ0) is 10.7. The molecular weight excluding hydrogens is 213 g/mol. The van der Waals surface area contributed by atoms with Crippen molar-refractivity contribution < 1.29 is 4.39 Å². The van der Waals surface area contributed by atoms with E-state index in [1.54, 1.807) is 29.1 Å². The molecule has 0 saturated carbocycles. The molecule has 0 aliphatic rings. The van der Waals surface area contributed by atoms with Crippen LogP contribution >= 0.6 is 11.3 Å². The predicted octanol–water partition coefficient (Wildman–Crippen LogP) is 2.48. The maximum atomic E-state index is 12.9. The molecule has 0 aliphatic heterocycles. The Labute approximate surface area is 90.8 Å². The molecule has 1 aromatic heterocycles. The van der Waals surface area contributed by atoms with Gasteiger partial charge in [-0.25, -0.2) is 4.39 Å². The number of halogens is 1. The molecule has 78 valence electrons. The van der Waals surface area contributed by atoms with E-state index in [-0.39, 0.29) is 5.82 Å². The fraction of sp³-hybridized carbons (Fsp3) is 0.100. The monoisotopic (exact) mass is 223 g/mol. The third-order valence-corrected chi connectivity index (χ3v) is 2.73. The van der Waals surface area contributed by atoms with E-state index in [4.69, 9.17) is 5.73 Å². The first-order chi connectivity index (χ1) is 7.25. The summed E-state index contributed by atoms with van der Waals surface area (Å²) >= 11 is 1.54. The van der Waals surface area contributed by atoms with Crippen LogP contribution in [0.5, 0.6) is 0 Å². The van der Waals surface area contributed by atoms with Crippen LogP contribution in [0, 0.1) is 5.82 Å². The molecule has 5 heteroatoms. The minimum absolute atomic E-state index is 0.295. The quantitative estimate of drug-likeness (QED) is 0.786. The topological polar surface area (TPSA) is 50.9 Å². The van der Waals surface area contributed by atoms with Crippen molar-refractivity contribution in [3.8, 4) is 0 Å². The van der Waals surface area contributed by atoms with E-state index in [1.165, 1.54) is 12.1 Å². The Morgan fingerprint density at radius 2 is 2.33 bits per heavy atom. The molecule has 2 rings (SSSR count). The molecule has 0 fully saturated rings. The van der Waals surface area contributed by atoms with Crippen molar-refractivity contribution in [1.82, 2.24) is 4.98 Å². The van der Waals surface area contributed by atoms with E-state index in [0.29, 0.717) is 17.9 Å². The smallest absolute Gasteiger partial charge is 0.125 e. The van der Waals surface area contributed by atoms with Crippen LogP contribution in [0.15, 0.2) is 29.9 Å². The summed E-state index contributed by atoms with van der Waals surface area (Å²) in [4.78, 5) is 5.03. The summed E-state index contributed by atoms with van der Waals surface area (Å²) in [5.41, 5.74) is 8.60. The van der Waals surface area contributed by atoms with Gasteiger partial charge in [-0.05, 0) is 18.2 Å². The maximum absolute atomic E-state index is 12.9. The fourth-order valence-corrected chi connectivity index (χ4v) is 1.73. The normalized spacial score (nSPS) is 10.2. The Morgan fingerprint density at radius 1 is 1.47 bits per heavy atom. The second kappa shape index (κ2) is 4.27. The Bertz CT molecular complexity index is 442. The molecule has 0 aliphatic carbocycles. The van der Waals surface area contributed by atoms with Crippen molar-refractivity contribution in [2.75, 3.05) is 11.1 Å². The number of nitrogens with zero attached hydrogens (tertiary/aromatic N) is 1. The van der Waals surface area contributed by atoms with Gasteiger partial charge in [-0.1, -0.05) is 0 Å². The number of benzene rings is 1. The van der Waals surface area contributed by atoms with Crippen LogP contribution in [-0.2, 0) is 6.54 Å². The maximum Gasteiger partial charge on any atom is 0.125 e. The standard InChI is InChI=1S/C10H10FN3S/c11-7-1-2-9(12)10(3-7)14-5-8-4-13-6-15-8/h1-4,6,14H,5,12H2. The van der Waals surface area contributed by atoms with Gasteiger partial charge >= 0.3 is 0 Å².